The van der Waals surface area contributed by atoms with E-state index < -0.39 is 29.6 Å². The van der Waals surface area contributed by atoms with Gasteiger partial charge in [0.15, 0.2) is 0 Å². The molecule has 2 heterocycles. The Hall–Kier alpha value is -1.18. The van der Waals surface area contributed by atoms with Gasteiger partial charge in [0.05, 0.1) is 12.7 Å². The van der Waals surface area contributed by atoms with Crippen LogP contribution in [0.3, 0.4) is 0 Å². The van der Waals surface area contributed by atoms with Crippen LogP contribution < -0.4 is 5.73 Å². The zero-order valence-electron chi connectivity index (χ0n) is 9.33. The average molecular weight is 244 g/mol. The number of rotatable bonds is 2. The molecule has 0 aliphatic carbocycles. The van der Waals surface area contributed by atoms with Crippen molar-refractivity contribution in [3.63, 3.8) is 0 Å². The lowest BCUT2D eigenvalue weighted by atomic mass is 9.98. The number of aliphatic hydroxyl groups is 1. The first kappa shape index (κ1) is 12.3. The van der Waals surface area contributed by atoms with Crippen LogP contribution in [0.25, 0.3) is 0 Å². The van der Waals surface area contributed by atoms with Gasteiger partial charge in [-0.1, -0.05) is 0 Å². The van der Waals surface area contributed by atoms with E-state index >= 15 is 0 Å². The SMILES string of the molecule is NC1(C(=O)N2C[C@H](O)C[C@H]2C(=O)O)CCOC1. The molecule has 3 atom stereocenters. The summed E-state index contributed by atoms with van der Waals surface area (Å²) in [5, 5.41) is 18.5. The predicted octanol–water partition coefficient (Wildman–Crippen LogP) is -1.85. The average Bonchev–Trinajstić information content (AvgIpc) is 2.84. The summed E-state index contributed by atoms with van der Waals surface area (Å²) in [5.41, 5.74) is 4.76. The first-order valence-electron chi connectivity index (χ1n) is 5.52. The minimum atomic E-state index is -1.14. The van der Waals surface area contributed by atoms with Gasteiger partial charge in [0.1, 0.15) is 11.6 Å². The molecule has 1 unspecified atom stereocenters. The van der Waals surface area contributed by atoms with Gasteiger partial charge >= 0.3 is 5.97 Å². The zero-order chi connectivity index (χ0) is 12.6. The number of aliphatic hydroxyl groups excluding tert-OH is 1. The molecule has 2 rings (SSSR count). The van der Waals surface area contributed by atoms with Crippen molar-refractivity contribution in [2.24, 2.45) is 5.73 Å². The van der Waals surface area contributed by atoms with Crippen LogP contribution in [0.2, 0.25) is 0 Å². The number of hydrogen-bond donors (Lipinski definition) is 3. The number of hydrogen-bond acceptors (Lipinski definition) is 5. The second-order valence-corrected chi connectivity index (χ2v) is 4.66. The Morgan fingerprint density at radius 1 is 1.47 bits per heavy atom. The smallest absolute Gasteiger partial charge is 0.326 e. The number of carbonyl (C=O) groups is 2. The number of ether oxygens (including phenoxy) is 1. The molecule has 2 aliphatic rings. The summed E-state index contributed by atoms with van der Waals surface area (Å²) in [4.78, 5) is 24.3. The van der Waals surface area contributed by atoms with Gasteiger partial charge in [0.2, 0.25) is 5.91 Å². The molecule has 0 spiro atoms. The number of aliphatic carboxylic acids is 1. The van der Waals surface area contributed by atoms with Gasteiger partial charge in [0.25, 0.3) is 0 Å². The number of β-amino-alcohol motifs (C(OH)–C–C–N with tert-alkyl or cyclic N) is 1. The minimum Gasteiger partial charge on any atom is -0.480 e. The fourth-order valence-electron chi connectivity index (χ4n) is 2.31. The van der Waals surface area contributed by atoms with E-state index in [0.29, 0.717) is 13.0 Å². The van der Waals surface area contributed by atoms with Crippen LogP contribution in [-0.2, 0) is 14.3 Å². The molecule has 0 saturated carbocycles. The maximum absolute atomic E-state index is 12.2. The molecule has 96 valence electrons. The number of carboxylic acid groups (broad SMARTS) is 1. The molecule has 2 aliphatic heterocycles. The third-order valence-electron chi connectivity index (χ3n) is 3.30. The molecule has 0 aromatic carbocycles. The van der Waals surface area contributed by atoms with E-state index in [2.05, 4.69) is 0 Å². The second-order valence-electron chi connectivity index (χ2n) is 4.66. The highest BCUT2D eigenvalue weighted by atomic mass is 16.5. The number of likely N-dealkylation sites (tertiary alicyclic amines) is 1. The Balaban J connectivity index is 2.15. The molecular weight excluding hydrogens is 228 g/mol. The van der Waals surface area contributed by atoms with Crippen molar-refractivity contribution >= 4 is 11.9 Å². The summed E-state index contributed by atoms with van der Waals surface area (Å²) in [6.45, 7) is 0.524. The van der Waals surface area contributed by atoms with Crippen molar-refractivity contribution in [2.75, 3.05) is 19.8 Å². The zero-order valence-corrected chi connectivity index (χ0v) is 9.33. The van der Waals surface area contributed by atoms with E-state index in [1.54, 1.807) is 0 Å². The summed E-state index contributed by atoms with van der Waals surface area (Å²) in [5.74, 6) is -1.56. The first-order chi connectivity index (χ1) is 7.94. The Morgan fingerprint density at radius 2 is 2.18 bits per heavy atom. The fourth-order valence-corrected chi connectivity index (χ4v) is 2.31. The highest BCUT2D eigenvalue weighted by Gasteiger charge is 2.47. The summed E-state index contributed by atoms with van der Waals surface area (Å²) >= 11 is 0. The minimum absolute atomic E-state index is 0.0226. The molecule has 1 amide bonds. The molecule has 0 bridgehead atoms. The van der Waals surface area contributed by atoms with Crippen molar-refractivity contribution in [2.45, 2.75) is 30.5 Å². The Labute approximate surface area is 98.1 Å². The van der Waals surface area contributed by atoms with Crippen molar-refractivity contribution in [3.05, 3.63) is 0 Å². The van der Waals surface area contributed by atoms with Crippen LogP contribution in [0, 0.1) is 0 Å². The standard InChI is InChI=1S/C10H16N2O5/c11-10(1-2-17-5-10)9(16)12-4-6(13)3-7(12)8(14)15/h6-7,13H,1-5,11H2,(H,14,15)/t6-,7+,10?/m1/s1. The van der Waals surface area contributed by atoms with E-state index in [-0.39, 0.29) is 19.6 Å². The third-order valence-corrected chi connectivity index (χ3v) is 3.30. The summed E-state index contributed by atoms with van der Waals surface area (Å²) in [6.07, 6.45) is -0.367. The molecule has 0 aromatic rings. The van der Waals surface area contributed by atoms with Crippen LogP contribution in [0.4, 0.5) is 0 Å². The van der Waals surface area contributed by atoms with Gasteiger partial charge in [0, 0.05) is 19.6 Å². The predicted molar refractivity (Wildman–Crippen MR) is 56.1 cm³/mol. The summed E-state index contributed by atoms with van der Waals surface area (Å²) in [6, 6.07) is -0.987. The maximum Gasteiger partial charge on any atom is 0.326 e. The van der Waals surface area contributed by atoms with E-state index in [9.17, 15) is 14.7 Å². The second kappa shape index (κ2) is 4.25. The van der Waals surface area contributed by atoms with Gasteiger partial charge in [-0.3, -0.25) is 4.79 Å². The molecule has 7 nitrogen and oxygen atoms in total. The number of carboxylic acids is 1. The number of amides is 1. The molecule has 7 heteroatoms. The maximum atomic E-state index is 12.2. The van der Waals surface area contributed by atoms with Gasteiger partial charge in [-0.05, 0) is 6.42 Å². The Morgan fingerprint density at radius 3 is 2.71 bits per heavy atom. The van der Waals surface area contributed by atoms with Crippen LogP contribution in [0.15, 0.2) is 0 Å². The summed E-state index contributed by atoms with van der Waals surface area (Å²) in [7, 11) is 0. The lowest BCUT2D eigenvalue weighted by Crippen LogP contribution is -2.58. The topological polar surface area (TPSA) is 113 Å². The first-order valence-corrected chi connectivity index (χ1v) is 5.52. The molecule has 2 fully saturated rings. The highest BCUT2D eigenvalue weighted by molar-refractivity contribution is 5.91. The normalized spacial score (nSPS) is 37.4. The van der Waals surface area contributed by atoms with Crippen LogP contribution in [-0.4, -0.2) is 64.4 Å². The van der Waals surface area contributed by atoms with Crippen molar-refractivity contribution in [1.29, 1.82) is 0 Å². The van der Waals surface area contributed by atoms with E-state index in [0.717, 1.165) is 4.90 Å². The van der Waals surface area contributed by atoms with E-state index in [1.165, 1.54) is 0 Å². The largest absolute Gasteiger partial charge is 0.480 e. The molecule has 2 saturated heterocycles. The van der Waals surface area contributed by atoms with Crippen molar-refractivity contribution in [3.8, 4) is 0 Å². The molecule has 0 radical (unpaired) electrons. The lowest BCUT2D eigenvalue weighted by Gasteiger charge is -2.29. The highest BCUT2D eigenvalue weighted by Crippen LogP contribution is 2.25. The van der Waals surface area contributed by atoms with Gasteiger partial charge in [-0.25, -0.2) is 4.79 Å². The van der Waals surface area contributed by atoms with Crippen molar-refractivity contribution < 1.29 is 24.5 Å². The quantitative estimate of drug-likeness (QED) is 0.525. The lowest BCUT2D eigenvalue weighted by molar-refractivity contribution is -0.150. The molecule has 17 heavy (non-hydrogen) atoms. The van der Waals surface area contributed by atoms with Gasteiger partial charge < -0.3 is 25.6 Å². The number of nitrogens with zero attached hydrogens (tertiary/aromatic N) is 1. The van der Waals surface area contributed by atoms with Crippen LogP contribution in [0.1, 0.15) is 12.8 Å². The van der Waals surface area contributed by atoms with Crippen LogP contribution in [0.5, 0.6) is 0 Å². The third kappa shape index (κ3) is 2.13. The molecule has 4 N–H and O–H groups in total. The van der Waals surface area contributed by atoms with Crippen LogP contribution >= 0.6 is 0 Å². The Bertz CT molecular complexity index is 340. The monoisotopic (exact) mass is 244 g/mol. The van der Waals surface area contributed by atoms with E-state index in [4.69, 9.17) is 15.6 Å². The summed E-state index contributed by atoms with van der Waals surface area (Å²) < 4.78 is 5.08. The molecule has 0 aromatic heterocycles. The molecular formula is C10H16N2O5. The van der Waals surface area contributed by atoms with Gasteiger partial charge in [-0.2, -0.15) is 0 Å². The van der Waals surface area contributed by atoms with E-state index in [1.807, 2.05) is 0 Å². The fraction of sp³-hybridized carbons (Fsp3) is 0.800. The van der Waals surface area contributed by atoms with Crippen molar-refractivity contribution in [1.82, 2.24) is 4.90 Å². The number of nitrogens with two attached hydrogens (primary N) is 1. The number of carbonyl (C=O) groups excluding carboxylic acids is 1. The van der Waals surface area contributed by atoms with Gasteiger partial charge in [-0.15, -0.1) is 0 Å². The Kier molecular flexibility index (Phi) is 3.07.